The van der Waals surface area contributed by atoms with Crippen molar-refractivity contribution in [2.75, 3.05) is 13.1 Å². The zero-order valence-electron chi connectivity index (χ0n) is 5.93. The van der Waals surface area contributed by atoms with Gasteiger partial charge in [-0.2, -0.15) is 0 Å². The smallest absolute Gasteiger partial charge is 0.0215 e. The average molecular weight is 126 g/mol. The van der Waals surface area contributed by atoms with Crippen LogP contribution in [0.1, 0.15) is 19.8 Å². The second-order valence-corrected chi connectivity index (χ2v) is 3.31. The zero-order chi connectivity index (χ0) is 6.27. The molecule has 0 radical (unpaired) electrons. The molecule has 2 fully saturated rings. The van der Waals surface area contributed by atoms with Gasteiger partial charge in [0.05, 0.1) is 0 Å². The summed E-state index contributed by atoms with van der Waals surface area (Å²) in [7, 11) is 0. The van der Waals surface area contributed by atoms with E-state index in [9.17, 15) is 0 Å². The van der Waals surface area contributed by atoms with Crippen molar-refractivity contribution in [2.45, 2.75) is 25.8 Å². The lowest BCUT2D eigenvalue weighted by atomic mass is 9.97. The van der Waals surface area contributed by atoms with Gasteiger partial charge in [-0.3, -0.25) is 5.43 Å². The van der Waals surface area contributed by atoms with Crippen LogP contribution in [-0.2, 0) is 0 Å². The molecule has 52 valence electrons. The summed E-state index contributed by atoms with van der Waals surface area (Å²) in [6.07, 6.45) is 2.82. The van der Waals surface area contributed by atoms with Gasteiger partial charge in [-0.25, -0.2) is 5.01 Å². The van der Waals surface area contributed by atoms with Crippen molar-refractivity contribution in [3.05, 3.63) is 0 Å². The van der Waals surface area contributed by atoms with E-state index >= 15 is 0 Å². The van der Waals surface area contributed by atoms with Crippen molar-refractivity contribution in [1.29, 1.82) is 0 Å². The molecule has 3 atom stereocenters. The Kier molecular flexibility index (Phi) is 1.24. The van der Waals surface area contributed by atoms with Gasteiger partial charge in [0.25, 0.3) is 0 Å². The molecule has 2 saturated heterocycles. The molecule has 0 aliphatic carbocycles. The number of fused-ring (bicyclic) bond motifs is 2. The number of piperidine rings is 1. The predicted octanol–water partition coefficient (Wildman–Crippen LogP) is 0.605. The monoisotopic (exact) mass is 126 g/mol. The van der Waals surface area contributed by atoms with E-state index in [-0.39, 0.29) is 0 Å². The van der Waals surface area contributed by atoms with Crippen molar-refractivity contribution in [3.8, 4) is 0 Å². The standard InChI is InChI=1S/C7H14N2/c1-6-2-3-7-4-8-9(6)5-7/h6-8H,2-5H2,1H3. The number of hydrazine groups is 1. The lowest BCUT2D eigenvalue weighted by Gasteiger charge is -2.27. The number of nitrogens with one attached hydrogen (secondary N) is 1. The summed E-state index contributed by atoms with van der Waals surface area (Å²) < 4.78 is 0. The third-order valence-corrected chi connectivity index (χ3v) is 2.56. The van der Waals surface area contributed by atoms with E-state index < -0.39 is 0 Å². The van der Waals surface area contributed by atoms with Crippen molar-refractivity contribution in [2.24, 2.45) is 5.92 Å². The van der Waals surface area contributed by atoms with E-state index in [2.05, 4.69) is 17.4 Å². The minimum Gasteiger partial charge on any atom is -0.255 e. The van der Waals surface area contributed by atoms with Crippen LogP contribution < -0.4 is 5.43 Å². The molecule has 0 aromatic carbocycles. The van der Waals surface area contributed by atoms with E-state index in [4.69, 9.17) is 0 Å². The zero-order valence-corrected chi connectivity index (χ0v) is 5.93. The predicted molar refractivity (Wildman–Crippen MR) is 36.9 cm³/mol. The molecule has 2 aliphatic heterocycles. The Morgan fingerprint density at radius 2 is 2.33 bits per heavy atom. The maximum absolute atomic E-state index is 3.40. The normalized spacial score (nSPS) is 49.7. The molecular weight excluding hydrogens is 112 g/mol. The number of rotatable bonds is 0. The summed E-state index contributed by atoms with van der Waals surface area (Å²) >= 11 is 0. The van der Waals surface area contributed by atoms with Crippen LogP contribution in [0.5, 0.6) is 0 Å². The fraction of sp³-hybridized carbons (Fsp3) is 1.00. The van der Waals surface area contributed by atoms with Crippen LogP contribution in [0.4, 0.5) is 0 Å². The van der Waals surface area contributed by atoms with Gasteiger partial charge in [0.15, 0.2) is 0 Å². The average Bonchev–Trinajstić information content (AvgIpc) is 2.25. The molecule has 3 unspecified atom stereocenters. The summed E-state index contributed by atoms with van der Waals surface area (Å²) in [5.74, 6) is 0.959. The third-order valence-electron chi connectivity index (χ3n) is 2.56. The van der Waals surface area contributed by atoms with Gasteiger partial charge in [0, 0.05) is 19.1 Å². The highest BCUT2D eigenvalue weighted by atomic mass is 15.5. The molecule has 2 rings (SSSR count). The van der Waals surface area contributed by atoms with Gasteiger partial charge in [-0.05, 0) is 25.7 Å². The van der Waals surface area contributed by atoms with Crippen LogP contribution in [0.15, 0.2) is 0 Å². The van der Waals surface area contributed by atoms with Crippen LogP contribution in [-0.4, -0.2) is 24.1 Å². The first-order valence-corrected chi connectivity index (χ1v) is 3.86. The number of hydrogen-bond acceptors (Lipinski definition) is 2. The van der Waals surface area contributed by atoms with Crippen molar-refractivity contribution in [3.63, 3.8) is 0 Å². The van der Waals surface area contributed by atoms with E-state index in [0.29, 0.717) is 0 Å². The molecule has 2 bridgehead atoms. The highest BCUT2D eigenvalue weighted by molar-refractivity contribution is 4.82. The molecule has 2 heteroatoms. The van der Waals surface area contributed by atoms with Gasteiger partial charge in [-0.1, -0.05) is 0 Å². The quantitative estimate of drug-likeness (QED) is 0.511. The topological polar surface area (TPSA) is 15.3 Å². The largest absolute Gasteiger partial charge is 0.255 e. The first-order chi connectivity index (χ1) is 4.36. The van der Waals surface area contributed by atoms with Crippen molar-refractivity contribution < 1.29 is 0 Å². The van der Waals surface area contributed by atoms with Crippen LogP contribution in [0, 0.1) is 5.92 Å². The molecule has 0 spiro atoms. The highest BCUT2D eigenvalue weighted by Crippen LogP contribution is 2.23. The fourth-order valence-corrected chi connectivity index (χ4v) is 1.82. The molecule has 9 heavy (non-hydrogen) atoms. The maximum Gasteiger partial charge on any atom is 0.0215 e. The number of hydrogen-bond donors (Lipinski definition) is 1. The summed E-state index contributed by atoms with van der Waals surface area (Å²) in [5, 5.41) is 2.38. The molecule has 1 N–H and O–H groups in total. The Bertz CT molecular complexity index is 113. The van der Waals surface area contributed by atoms with Crippen molar-refractivity contribution >= 4 is 0 Å². The molecular formula is C7H14N2. The van der Waals surface area contributed by atoms with Gasteiger partial charge in [-0.15, -0.1) is 0 Å². The first kappa shape index (κ1) is 5.69. The van der Waals surface area contributed by atoms with E-state index in [1.54, 1.807) is 0 Å². The van der Waals surface area contributed by atoms with Crippen LogP contribution >= 0.6 is 0 Å². The minimum absolute atomic E-state index is 0.781. The second kappa shape index (κ2) is 1.96. The van der Waals surface area contributed by atoms with E-state index in [1.165, 1.54) is 25.9 Å². The fourth-order valence-electron chi connectivity index (χ4n) is 1.82. The highest BCUT2D eigenvalue weighted by Gasteiger charge is 2.30. The maximum atomic E-state index is 3.40. The molecule has 2 aliphatic rings. The summed E-state index contributed by atoms with van der Waals surface area (Å²) in [4.78, 5) is 0. The van der Waals surface area contributed by atoms with Gasteiger partial charge in [0.1, 0.15) is 0 Å². The number of nitrogens with zero attached hydrogens (tertiary/aromatic N) is 1. The second-order valence-electron chi connectivity index (χ2n) is 3.31. The molecule has 0 aromatic heterocycles. The first-order valence-electron chi connectivity index (χ1n) is 3.86. The SMILES string of the molecule is CC1CCC2CNN1C2. The molecule has 2 heterocycles. The van der Waals surface area contributed by atoms with Crippen molar-refractivity contribution in [1.82, 2.24) is 10.4 Å². The lowest BCUT2D eigenvalue weighted by Crippen LogP contribution is -2.40. The summed E-state index contributed by atoms with van der Waals surface area (Å²) in [6.45, 7) is 4.82. The van der Waals surface area contributed by atoms with Crippen LogP contribution in [0.3, 0.4) is 0 Å². The Hall–Kier alpha value is -0.0800. The Morgan fingerprint density at radius 1 is 1.44 bits per heavy atom. The molecule has 0 saturated carbocycles. The van der Waals surface area contributed by atoms with Crippen LogP contribution in [0.2, 0.25) is 0 Å². The Morgan fingerprint density at radius 3 is 3.11 bits per heavy atom. The Balaban J connectivity index is 2.05. The summed E-state index contributed by atoms with van der Waals surface area (Å²) in [5.41, 5.74) is 3.40. The van der Waals surface area contributed by atoms with Gasteiger partial charge < -0.3 is 0 Å². The molecule has 0 amide bonds. The third kappa shape index (κ3) is 0.864. The van der Waals surface area contributed by atoms with Gasteiger partial charge in [0.2, 0.25) is 0 Å². The molecule has 0 aromatic rings. The lowest BCUT2D eigenvalue weighted by molar-refractivity contribution is 0.148. The summed E-state index contributed by atoms with van der Waals surface area (Å²) in [6, 6.07) is 0.781. The van der Waals surface area contributed by atoms with E-state index in [1.807, 2.05) is 0 Å². The molecule has 2 nitrogen and oxygen atoms in total. The van der Waals surface area contributed by atoms with Gasteiger partial charge >= 0.3 is 0 Å². The van der Waals surface area contributed by atoms with E-state index in [0.717, 1.165) is 12.0 Å². The Labute approximate surface area is 56.2 Å². The minimum atomic E-state index is 0.781. The van der Waals surface area contributed by atoms with Crippen LogP contribution in [0.25, 0.3) is 0 Å².